The number of amides is 1. The van der Waals surface area contributed by atoms with Gasteiger partial charge in [-0.3, -0.25) is 4.79 Å². The molecule has 0 aliphatic carbocycles. The molecule has 1 saturated heterocycles. The van der Waals surface area contributed by atoms with Crippen molar-refractivity contribution in [3.63, 3.8) is 0 Å². The number of nitrogen functional groups attached to an aromatic ring is 1. The summed E-state index contributed by atoms with van der Waals surface area (Å²) in [6, 6.07) is 7.29. The summed E-state index contributed by atoms with van der Waals surface area (Å²) >= 11 is 1.74. The maximum Gasteiger partial charge on any atom is 0.236 e. The van der Waals surface area contributed by atoms with Gasteiger partial charge in [0, 0.05) is 11.8 Å². The van der Waals surface area contributed by atoms with E-state index in [0.29, 0.717) is 18.8 Å². The summed E-state index contributed by atoms with van der Waals surface area (Å²) in [4.78, 5) is 12.0. The number of rotatable bonds is 5. The van der Waals surface area contributed by atoms with Crippen molar-refractivity contribution < 1.29 is 9.53 Å². The number of anilines is 1. The Balaban J connectivity index is 1.71. The van der Waals surface area contributed by atoms with E-state index >= 15 is 0 Å². The Bertz CT molecular complexity index is 445. The normalized spacial score (nSPS) is 22.2. The molecule has 1 heterocycles. The summed E-state index contributed by atoms with van der Waals surface area (Å²) in [6.07, 6.45) is 2.08. The lowest BCUT2D eigenvalue weighted by molar-refractivity contribution is -0.123. The largest absolute Gasteiger partial charge is 0.492 e. The fourth-order valence-corrected chi connectivity index (χ4v) is 3.31. The highest BCUT2D eigenvalue weighted by molar-refractivity contribution is 8.01. The van der Waals surface area contributed by atoms with Gasteiger partial charge in [-0.05, 0) is 37.7 Å². The molecule has 1 amide bonds. The number of nitrogens with two attached hydrogens (primary N) is 1. The highest BCUT2D eigenvalue weighted by atomic mass is 32.2. The first-order valence-corrected chi connectivity index (χ1v) is 7.49. The SMILES string of the molecule is CC1(C(=O)NCCOc2cccc(N)c2)CCCS1. The molecule has 1 aliphatic rings. The lowest BCUT2D eigenvalue weighted by Crippen LogP contribution is -2.41. The Morgan fingerprint density at radius 3 is 3.11 bits per heavy atom. The van der Waals surface area contributed by atoms with E-state index < -0.39 is 0 Å². The van der Waals surface area contributed by atoms with Crippen LogP contribution in [0.3, 0.4) is 0 Å². The van der Waals surface area contributed by atoms with Crippen molar-refractivity contribution in [2.45, 2.75) is 24.5 Å². The summed E-state index contributed by atoms with van der Waals surface area (Å²) in [5.74, 6) is 1.92. The summed E-state index contributed by atoms with van der Waals surface area (Å²) in [5, 5.41) is 2.93. The number of nitrogens with one attached hydrogen (secondary N) is 1. The summed E-state index contributed by atoms with van der Waals surface area (Å²) < 4.78 is 5.28. The van der Waals surface area contributed by atoms with E-state index in [-0.39, 0.29) is 10.7 Å². The van der Waals surface area contributed by atoms with Gasteiger partial charge >= 0.3 is 0 Å². The molecule has 1 fully saturated rings. The van der Waals surface area contributed by atoms with Crippen molar-refractivity contribution in [2.75, 3.05) is 24.6 Å². The average Bonchev–Trinajstić information content (AvgIpc) is 2.83. The second kappa shape index (κ2) is 6.19. The molecule has 1 unspecified atom stereocenters. The third kappa shape index (κ3) is 3.80. The van der Waals surface area contributed by atoms with Gasteiger partial charge in [-0.2, -0.15) is 0 Å². The van der Waals surface area contributed by atoms with E-state index in [1.54, 1.807) is 17.8 Å². The van der Waals surface area contributed by atoms with Gasteiger partial charge < -0.3 is 15.8 Å². The number of thioether (sulfide) groups is 1. The molecule has 0 saturated carbocycles. The Morgan fingerprint density at radius 2 is 2.42 bits per heavy atom. The number of carbonyl (C=O) groups is 1. The lowest BCUT2D eigenvalue weighted by Gasteiger charge is -2.21. The summed E-state index contributed by atoms with van der Waals surface area (Å²) in [6.45, 7) is 2.98. The van der Waals surface area contributed by atoms with E-state index in [2.05, 4.69) is 5.32 Å². The zero-order valence-corrected chi connectivity index (χ0v) is 12.0. The van der Waals surface area contributed by atoms with Crippen molar-refractivity contribution >= 4 is 23.4 Å². The third-order valence-corrected chi connectivity index (χ3v) is 4.73. The Kier molecular flexibility index (Phi) is 4.58. The number of hydrogen-bond donors (Lipinski definition) is 2. The van der Waals surface area contributed by atoms with Gasteiger partial charge in [0.1, 0.15) is 12.4 Å². The molecular formula is C14H20N2O2S. The smallest absolute Gasteiger partial charge is 0.236 e. The molecule has 2 rings (SSSR count). The Hall–Kier alpha value is -1.36. The predicted molar refractivity (Wildman–Crippen MR) is 79.5 cm³/mol. The van der Waals surface area contributed by atoms with Crippen LogP contribution in [0.15, 0.2) is 24.3 Å². The summed E-state index contributed by atoms with van der Waals surface area (Å²) in [7, 11) is 0. The molecule has 19 heavy (non-hydrogen) atoms. The van der Waals surface area contributed by atoms with Crippen molar-refractivity contribution in [1.82, 2.24) is 5.32 Å². The van der Waals surface area contributed by atoms with Crippen LogP contribution in [0.1, 0.15) is 19.8 Å². The fourth-order valence-electron chi connectivity index (χ4n) is 2.08. The minimum atomic E-state index is -0.253. The number of ether oxygens (including phenoxy) is 1. The Labute approximate surface area is 118 Å². The van der Waals surface area contributed by atoms with Gasteiger partial charge in [-0.15, -0.1) is 11.8 Å². The van der Waals surface area contributed by atoms with Crippen LogP contribution >= 0.6 is 11.8 Å². The van der Waals surface area contributed by atoms with Crippen LogP contribution in [-0.2, 0) is 4.79 Å². The molecule has 1 aromatic rings. The number of hydrogen-bond acceptors (Lipinski definition) is 4. The minimum absolute atomic E-state index is 0.117. The minimum Gasteiger partial charge on any atom is -0.492 e. The van der Waals surface area contributed by atoms with Crippen molar-refractivity contribution in [1.29, 1.82) is 0 Å². The van der Waals surface area contributed by atoms with Crippen LogP contribution in [0, 0.1) is 0 Å². The molecule has 3 N–H and O–H groups in total. The maximum absolute atomic E-state index is 12.0. The average molecular weight is 280 g/mol. The molecule has 1 atom stereocenters. The second-order valence-corrected chi connectivity index (χ2v) is 6.46. The quantitative estimate of drug-likeness (QED) is 0.640. The van der Waals surface area contributed by atoms with Crippen LogP contribution in [-0.4, -0.2) is 29.6 Å². The van der Waals surface area contributed by atoms with Gasteiger partial charge in [0.05, 0.1) is 11.3 Å². The fraction of sp³-hybridized carbons (Fsp3) is 0.500. The molecule has 4 nitrogen and oxygen atoms in total. The van der Waals surface area contributed by atoms with Gasteiger partial charge in [-0.1, -0.05) is 6.07 Å². The summed E-state index contributed by atoms with van der Waals surface area (Å²) in [5.41, 5.74) is 6.34. The van der Waals surface area contributed by atoms with Crippen LogP contribution in [0.2, 0.25) is 0 Å². The molecule has 0 bridgehead atoms. The van der Waals surface area contributed by atoms with Crippen molar-refractivity contribution in [3.05, 3.63) is 24.3 Å². The molecule has 0 radical (unpaired) electrons. The van der Waals surface area contributed by atoms with Crippen LogP contribution in [0.25, 0.3) is 0 Å². The molecule has 0 aromatic heterocycles. The van der Waals surface area contributed by atoms with E-state index in [1.165, 1.54) is 0 Å². The monoisotopic (exact) mass is 280 g/mol. The van der Waals surface area contributed by atoms with Crippen molar-refractivity contribution in [3.8, 4) is 5.75 Å². The molecule has 104 valence electrons. The lowest BCUT2D eigenvalue weighted by atomic mass is 10.1. The first-order valence-electron chi connectivity index (χ1n) is 6.51. The second-order valence-electron chi connectivity index (χ2n) is 4.86. The maximum atomic E-state index is 12.0. The highest BCUT2D eigenvalue weighted by Gasteiger charge is 2.36. The standard InChI is InChI=1S/C14H20N2O2S/c1-14(6-3-9-19-14)13(17)16-7-8-18-12-5-2-4-11(15)10-12/h2,4-5,10H,3,6-9,15H2,1H3,(H,16,17). The van der Waals surface area contributed by atoms with Crippen LogP contribution in [0.4, 0.5) is 5.69 Å². The number of benzene rings is 1. The zero-order valence-electron chi connectivity index (χ0n) is 11.1. The van der Waals surface area contributed by atoms with Gasteiger partial charge in [0.15, 0.2) is 0 Å². The van der Waals surface area contributed by atoms with E-state index in [9.17, 15) is 4.79 Å². The molecule has 1 aliphatic heterocycles. The zero-order chi connectivity index (χ0) is 13.7. The first kappa shape index (κ1) is 14.1. The molecule has 0 spiro atoms. The van der Waals surface area contributed by atoms with Crippen LogP contribution in [0.5, 0.6) is 5.75 Å². The van der Waals surface area contributed by atoms with Gasteiger partial charge in [-0.25, -0.2) is 0 Å². The van der Waals surface area contributed by atoms with E-state index in [1.807, 2.05) is 25.1 Å². The molecular weight excluding hydrogens is 260 g/mol. The third-order valence-electron chi connectivity index (χ3n) is 3.21. The predicted octanol–water partition coefficient (Wildman–Crippen LogP) is 2.05. The van der Waals surface area contributed by atoms with E-state index in [0.717, 1.165) is 24.3 Å². The first-order chi connectivity index (χ1) is 9.10. The Morgan fingerprint density at radius 1 is 1.58 bits per heavy atom. The number of carbonyl (C=O) groups excluding carboxylic acids is 1. The van der Waals surface area contributed by atoms with Gasteiger partial charge in [0.25, 0.3) is 0 Å². The van der Waals surface area contributed by atoms with Gasteiger partial charge in [0.2, 0.25) is 5.91 Å². The van der Waals surface area contributed by atoms with Crippen molar-refractivity contribution in [2.24, 2.45) is 0 Å². The van der Waals surface area contributed by atoms with Crippen LogP contribution < -0.4 is 15.8 Å². The highest BCUT2D eigenvalue weighted by Crippen LogP contribution is 2.37. The molecule has 5 heteroatoms. The topological polar surface area (TPSA) is 64.3 Å². The van der Waals surface area contributed by atoms with E-state index in [4.69, 9.17) is 10.5 Å². The molecule has 1 aromatic carbocycles.